The number of amides is 6. The van der Waals surface area contributed by atoms with Crippen LogP contribution in [0, 0.1) is 75.9 Å². The van der Waals surface area contributed by atoms with Gasteiger partial charge in [0.15, 0.2) is 41.5 Å². The normalized spacial score (nSPS) is 28.5. The van der Waals surface area contributed by atoms with Crippen LogP contribution in [0.2, 0.25) is 0 Å². The Labute approximate surface area is 619 Å². The van der Waals surface area contributed by atoms with Crippen molar-refractivity contribution < 1.29 is 110 Å². The van der Waals surface area contributed by atoms with E-state index in [4.69, 9.17) is 48.4 Å². The molecule has 6 amide bonds. The van der Waals surface area contributed by atoms with Gasteiger partial charge in [0.1, 0.15) is 18.8 Å². The zero-order valence-electron chi connectivity index (χ0n) is 62.2. The number of ketones is 4. The van der Waals surface area contributed by atoms with Crippen molar-refractivity contribution in [2.45, 2.75) is 199 Å². The number of carbonyl (C=O) groups is 10. The third kappa shape index (κ3) is 21.1. The van der Waals surface area contributed by atoms with Gasteiger partial charge in [-0.2, -0.15) is 0 Å². The predicted molar refractivity (Wildman–Crippen MR) is 380 cm³/mol. The van der Waals surface area contributed by atoms with Crippen molar-refractivity contribution in [2.75, 3.05) is 91.1 Å². The van der Waals surface area contributed by atoms with E-state index in [1.165, 1.54) is 31.2 Å². The van der Waals surface area contributed by atoms with Gasteiger partial charge in [-0.15, -0.1) is 11.8 Å². The lowest BCUT2D eigenvalue weighted by atomic mass is 9.44. The van der Waals surface area contributed by atoms with E-state index in [0.717, 1.165) is 31.8 Å². The van der Waals surface area contributed by atoms with Crippen LogP contribution in [-0.4, -0.2) is 203 Å². The molecule has 1 aliphatic heterocycles. The first-order valence-electron chi connectivity index (χ1n) is 37.6. The van der Waals surface area contributed by atoms with E-state index in [1.807, 2.05) is 6.92 Å². The summed E-state index contributed by atoms with van der Waals surface area (Å²) < 4.78 is 86.0. The molecule has 17 atom stereocenters. The number of rotatable bonds is 43. The minimum absolute atomic E-state index is 0.0477. The van der Waals surface area contributed by atoms with Crippen molar-refractivity contribution in [1.82, 2.24) is 21.3 Å². The zero-order valence-corrected chi connectivity index (χ0v) is 62.2. The number of aliphatic hydroxyl groups excluding tert-OH is 2. The Morgan fingerprint density at radius 3 is 2.07 bits per heavy atom. The Bertz CT molecular complexity index is 3350. The van der Waals surface area contributed by atoms with Crippen LogP contribution in [0.15, 0.2) is 48.1 Å². The number of hydrogen-bond acceptors (Lipinski definition) is 21. The number of ether oxygens (including phenoxy) is 9. The number of primary amides is 1. The van der Waals surface area contributed by atoms with Gasteiger partial charge in [-0.05, 0) is 136 Å². The number of Topliss-reactive ketones (excluding diaryl/α,β-unsaturated/α-hetero) is 3. The molecule has 27 nitrogen and oxygen atoms in total. The standard InChI is InChI=1S/C77H110F2N6O21/c1-8-14-67-105-65-40-56-57-39-59(78)58-38-52(87)22-24-74(58,6)76(57,79)63(90)41-75(56,7)77(65,106-67)64(91)45-102-70(94)50(35-46(2)3)37-61(88)60(42-86)84-73(97)103-43-48-18-20-51(21-19-48)83-69(93)49(15-13-25-81-71(80)95)36-62(89)68(47(4)5)85-66(92)23-27-98-29-31-100-33-34-101-32-30-99-28-26-82-72(96)104-44-55-53-16-11-9-10-12-17-54(53)55/h18-22,24,38,46-47,49-50,53-57,59-60,63,65,67-68,86,90H,8,11-17,23,25-37,39-45H2,1-7H3,(H,82,96)(H,83,93)(H,84,97)(H,85,92)(H3,80,81,95)/t49-,50-,53-,54+,55?,56+,57+,59+,60+,63+,65-,67?,68+,74+,75+,76+,77-/m1/s1. The topological polar surface area (TPSA) is 380 Å². The summed E-state index contributed by atoms with van der Waals surface area (Å²) in [6, 6.07) is 2.94. The fraction of sp³-hybridized carbons (Fsp3) is 0.714. The summed E-state index contributed by atoms with van der Waals surface area (Å²) in [5.74, 6) is -0.715. The Morgan fingerprint density at radius 1 is 0.783 bits per heavy atom. The molecule has 8 rings (SSSR count). The maximum Gasteiger partial charge on any atom is 0.408 e. The van der Waals surface area contributed by atoms with Crippen LogP contribution >= 0.6 is 0 Å². The summed E-state index contributed by atoms with van der Waals surface area (Å²) in [4.78, 5) is 133. The van der Waals surface area contributed by atoms with Gasteiger partial charge >= 0.3 is 24.2 Å². The van der Waals surface area contributed by atoms with Crippen molar-refractivity contribution >= 4 is 64.8 Å². The summed E-state index contributed by atoms with van der Waals surface area (Å²) in [5, 5.41) is 35.5. The van der Waals surface area contributed by atoms with E-state index in [9.17, 15) is 58.2 Å². The molecule has 106 heavy (non-hydrogen) atoms. The molecule has 0 spiro atoms. The second-order valence-electron chi connectivity index (χ2n) is 30.2. The molecule has 0 radical (unpaired) electrons. The smallest absolute Gasteiger partial charge is 0.408 e. The number of fused-ring (bicyclic) bond motifs is 8. The molecule has 2 unspecified atom stereocenters. The third-order valence-corrected chi connectivity index (χ3v) is 22.2. The van der Waals surface area contributed by atoms with Gasteiger partial charge in [-0.25, -0.2) is 23.2 Å². The Hall–Kier alpha value is -7.30. The molecule has 0 aromatic heterocycles. The van der Waals surface area contributed by atoms with E-state index in [-0.39, 0.29) is 102 Å². The quantitative estimate of drug-likeness (QED) is 0.0142. The van der Waals surface area contributed by atoms with E-state index < -0.39 is 161 Å². The van der Waals surface area contributed by atoms with Gasteiger partial charge in [-0.1, -0.05) is 66.2 Å². The van der Waals surface area contributed by atoms with E-state index in [1.54, 1.807) is 46.8 Å². The van der Waals surface area contributed by atoms with Crippen molar-refractivity contribution in [3.8, 4) is 11.8 Å². The molecule has 588 valence electrons. The van der Waals surface area contributed by atoms with E-state index in [2.05, 4.69) is 38.4 Å². The maximum atomic E-state index is 18.1. The highest BCUT2D eigenvalue weighted by atomic mass is 19.1. The summed E-state index contributed by atoms with van der Waals surface area (Å²) in [6.45, 7) is 13.1. The molecule has 0 bridgehead atoms. The molecular formula is C77H110F2N6O21. The van der Waals surface area contributed by atoms with Crippen molar-refractivity contribution in [3.63, 3.8) is 0 Å². The number of esters is 1. The first kappa shape index (κ1) is 84.3. The number of carbonyl (C=O) groups excluding carboxylic acids is 10. The fourth-order valence-corrected chi connectivity index (χ4v) is 16.7. The van der Waals surface area contributed by atoms with Crippen molar-refractivity contribution in [2.24, 2.45) is 69.8 Å². The lowest BCUT2D eigenvalue weighted by Crippen LogP contribution is -2.71. The highest BCUT2D eigenvalue weighted by Gasteiger charge is 2.80. The SMILES string of the molecule is CCCC1O[C@@H]2C[C@H]3[C@@H]4C[C@H](F)C5=CC(=O)C=C[C@]5(C)[C@@]4(F)[C@@H](O)C[C@]3(C)[C@]2(C(=O)COC(=O)[C@@H](CC(=O)[C@H](CO)NC(=O)OCc2ccc(NC(=O)[C@H](CCCNC(N)=O)CC(=O)[C@@H](NC(=O)CCOCCOCCOCCOCCNC(=O)OCC3[C@H]4CCC#CCC[C@@H]34)C(C)C)cc2)CC(C)C)O1. The molecule has 5 fully saturated rings. The molecule has 7 aliphatic rings. The van der Waals surface area contributed by atoms with Crippen molar-refractivity contribution in [3.05, 3.63) is 53.6 Å². The van der Waals surface area contributed by atoms with Crippen LogP contribution < -0.4 is 32.3 Å². The molecule has 9 N–H and O–H groups in total. The Kier molecular flexibility index (Phi) is 31.2. The van der Waals surface area contributed by atoms with Gasteiger partial charge in [0.05, 0.1) is 90.2 Å². The molecule has 1 saturated heterocycles. The number of alkyl halides is 2. The monoisotopic (exact) mass is 1490 g/mol. The summed E-state index contributed by atoms with van der Waals surface area (Å²) in [5.41, 5.74) is -1.35. The van der Waals surface area contributed by atoms with Crippen LogP contribution in [-0.2, 0) is 82.8 Å². The first-order valence-corrected chi connectivity index (χ1v) is 37.6. The number of anilines is 1. The van der Waals surface area contributed by atoms with Crippen LogP contribution in [0.5, 0.6) is 0 Å². The number of nitrogens with two attached hydrogens (primary N) is 1. The molecule has 1 aromatic carbocycles. The highest BCUT2D eigenvalue weighted by Crippen LogP contribution is 2.72. The zero-order chi connectivity index (χ0) is 76.9. The Balaban J connectivity index is 0.736. The van der Waals surface area contributed by atoms with Crippen LogP contribution in [0.4, 0.5) is 28.9 Å². The number of urea groups is 1. The van der Waals surface area contributed by atoms with Gasteiger partial charge in [0.25, 0.3) is 0 Å². The largest absolute Gasteiger partial charge is 0.457 e. The van der Waals surface area contributed by atoms with Crippen LogP contribution in [0.3, 0.4) is 0 Å². The summed E-state index contributed by atoms with van der Waals surface area (Å²) in [6.07, 6.45) is 0.801. The van der Waals surface area contributed by atoms with Crippen molar-refractivity contribution in [1.29, 1.82) is 0 Å². The summed E-state index contributed by atoms with van der Waals surface area (Å²) in [7, 11) is 0. The van der Waals surface area contributed by atoms with E-state index >= 15 is 8.78 Å². The number of hydrogen-bond donors (Lipinski definition) is 8. The van der Waals surface area contributed by atoms with Gasteiger partial charge in [0.2, 0.25) is 17.6 Å². The first-order chi connectivity index (χ1) is 50.6. The second kappa shape index (κ2) is 39.2. The minimum Gasteiger partial charge on any atom is -0.457 e. The van der Waals surface area contributed by atoms with Gasteiger partial charge in [-0.3, -0.25) is 33.6 Å². The lowest BCUT2D eigenvalue weighted by molar-refractivity contribution is -0.235. The average molecular weight is 1490 g/mol. The highest BCUT2D eigenvalue weighted by molar-refractivity contribution is 6.02. The van der Waals surface area contributed by atoms with Gasteiger partial charge in [0, 0.05) is 73.5 Å². The van der Waals surface area contributed by atoms with E-state index in [0.29, 0.717) is 88.0 Å². The molecular weight excluding hydrogens is 1380 g/mol. The maximum absolute atomic E-state index is 18.1. The molecule has 29 heteroatoms. The molecule has 4 saturated carbocycles. The van der Waals surface area contributed by atoms with Gasteiger partial charge < -0.3 is 85.2 Å². The van der Waals surface area contributed by atoms with Crippen LogP contribution in [0.25, 0.3) is 0 Å². The average Bonchev–Trinajstić information content (AvgIpc) is 1.43. The molecule has 1 heterocycles. The number of aliphatic hydroxyl groups is 2. The second-order valence-corrected chi connectivity index (χ2v) is 30.2. The van der Waals surface area contributed by atoms with Crippen LogP contribution in [0.1, 0.15) is 150 Å². The summed E-state index contributed by atoms with van der Waals surface area (Å²) >= 11 is 0. The number of allylic oxidation sites excluding steroid dienone is 4. The molecule has 1 aromatic rings. The Morgan fingerprint density at radius 2 is 1.43 bits per heavy atom. The fourth-order valence-electron chi connectivity index (χ4n) is 16.7. The number of nitrogens with one attached hydrogen (secondary N) is 5. The number of benzene rings is 1. The number of alkyl carbamates (subject to hydrolysis) is 2. The third-order valence-electron chi connectivity index (χ3n) is 22.2. The lowest BCUT2D eigenvalue weighted by Gasteiger charge is -2.63. The predicted octanol–water partition coefficient (Wildman–Crippen LogP) is 6.94. The number of halogens is 2. The minimum atomic E-state index is -2.44. The molecule has 6 aliphatic carbocycles.